The Labute approximate surface area is 214 Å². The summed E-state index contributed by atoms with van der Waals surface area (Å²) < 4.78 is 12.0. The maximum absolute atomic E-state index is 13.2. The summed E-state index contributed by atoms with van der Waals surface area (Å²) in [4.78, 5) is 26.1. The van der Waals surface area contributed by atoms with E-state index in [1.54, 1.807) is 0 Å². The van der Waals surface area contributed by atoms with Crippen LogP contribution in [-0.2, 0) is 19.1 Å². The lowest BCUT2D eigenvalue weighted by atomic mass is 9.69. The van der Waals surface area contributed by atoms with Crippen LogP contribution in [0.3, 0.4) is 0 Å². The Bertz CT molecular complexity index is 677. The third-order valence-electron chi connectivity index (χ3n) is 7.60. The summed E-state index contributed by atoms with van der Waals surface area (Å²) in [6.07, 6.45) is 3.37. The molecule has 1 aliphatic heterocycles. The van der Waals surface area contributed by atoms with Crippen LogP contribution in [-0.4, -0.2) is 72.0 Å². The molecule has 206 valence electrons. The molecule has 0 atom stereocenters. The van der Waals surface area contributed by atoms with Gasteiger partial charge in [-0.05, 0) is 64.7 Å². The van der Waals surface area contributed by atoms with E-state index in [1.807, 2.05) is 27.7 Å². The standard InChI is InChI=1S/C28H54N2O5/c1-21(2)25(3,4)19-26(5,6)24(33)30-16-12-22(13-17-30)29-15-18-34-28(9,10)20-35-27(7,8)14-11-23(31)32/h21-22,29H,11-20H2,1-10H3,(H,31,32). The summed E-state index contributed by atoms with van der Waals surface area (Å²) in [5, 5.41) is 12.5. The zero-order chi connectivity index (χ0) is 27.1. The molecule has 0 radical (unpaired) electrons. The second-order valence-electron chi connectivity index (χ2n) is 13.3. The molecule has 7 nitrogen and oxygen atoms in total. The van der Waals surface area contributed by atoms with E-state index in [9.17, 15) is 9.59 Å². The summed E-state index contributed by atoms with van der Waals surface area (Å²) in [7, 11) is 0. The van der Waals surface area contributed by atoms with Gasteiger partial charge in [-0.1, -0.05) is 41.5 Å². The lowest BCUT2D eigenvalue weighted by molar-refractivity contribution is -0.144. The number of nitrogens with one attached hydrogen (secondary N) is 1. The SMILES string of the molecule is CC(C)C(C)(C)CC(C)(C)C(=O)N1CCC(NCCOC(C)(C)COC(C)(C)CCC(=O)O)CC1. The highest BCUT2D eigenvalue weighted by Crippen LogP contribution is 2.40. The van der Waals surface area contributed by atoms with E-state index >= 15 is 0 Å². The van der Waals surface area contributed by atoms with E-state index in [1.165, 1.54) is 0 Å². The molecule has 0 unspecified atom stereocenters. The van der Waals surface area contributed by atoms with Crippen molar-refractivity contribution in [1.82, 2.24) is 10.2 Å². The van der Waals surface area contributed by atoms with Gasteiger partial charge in [-0.2, -0.15) is 0 Å². The van der Waals surface area contributed by atoms with E-state index < -0.39 is 17.2 Å². The van der Waals surface area contributed by atoms with Gasteiger partial charge in [0.05, 0.1) is 24.4 Å². The van der Waals surface area contributed by atoms with Crippen LogP contribution in [0.15, 0.2) is 0 Å². The molecule has 0 aliphatic carbocycles. The van der Waals surface area contributed by atoms with Crippen molar-refractivity contribution in [3.8, 4) is 0 Å². The Balaban J connectivity index is 2.36. The maximum atomic E-state index is 13.2. The van der Waals surface area contributed by atoms with Gasteiger partial charge < -0.3 is 24.8 Å². The fourth-order valence-corrected chi connectivity index (χ4v) is 4.61. The molecule has 0 aromatic rings. The van der Waals surface area contributed by atoms with Crippen molar-refractivity contribution >= 4 is 11.9 Å². The predicted octanol–water partition coefficient (Wildman–Crippen LogP) is 5.12. The molecular weight excluding hydrogens is 444 g/mol. The van der Waals surface area contributed by atoms with Gasteiger partial charge in [0.15, 0.2) is 0 Å². The highest BCUT2D eigenvalue weighted by molar-refractivity contribution is 5.82. The van der Waals surface area contributed by atoms with Crippen molar-refractivity contribution in [3.63, 3.8) is 0 Å². The number of likely N-dealkylation sites (tertiary alicyclic amines) is 1. The van der Waals surface area contributed by atoms with Gasteiger partial charge in [-0.25, -0.2) is 0 Å². The van der Waals surface area contributed by atoms with Crippen LogP contribution in [0, 0.1) is 16.7 Å². The number of aliphatic carboxylic acids is 1. The van der Waals surface area contributed by atoms with Gasteiger partial charge in [-0.15, -0.1) is 0 Å². The number of amides is 1. The normalized spacial score (nSPS) is 16.7. The molecule has 0 bridgehead atoms. The highest BCUT2D eigenvalue weighted by Gasteiger charge is 2.39. The van der Waals surface area contributed by atoms with Crippen molar-refractivity contribution in [2.24, 2.45) is 16.7 Å². The van der Waals surface area contributed by atoms with Crippen LogP contribution in [0.4, 0.5) is 0 Å². The molecule has 1 amide bonds. The number of carbonyl (C=O) groups excluding carboxylic acids is 1. The Hall–Kier alpha value is -1.18. The zero-order valence-corrected chi connectivity index (χ0v) is 24.3. The Morgan fingerprint density at radius 2 is 1.54 bits per heavy atom. The molecule has 0 spiro atoms. The fourth-order valence-electron chi connectivity index (χ4n) is 4.61. The summed E-state index contributed by atoms with van der Waals surface area (Å²) in [5.74, 6) is 0.00461. The van der Waals surface area contributed by atoms with Gasteiger partial charge in [0.2, 0.25) is 5.91 Å². The average Bonchev–Trinajstić information content (AvgIpc) is 2.73. The molecule has 0 saturated carbocycles. The van der Waals surface area contributed by atoms with Crippen LogP contribution in [0.5, 0.6) is 0 Å². The lowest BCUT2D eigenvalue weighted by Gasteiger charge is -2.41. The van der Waals surface area contributed by atoms with Gasteiger partial charge in [0, 0.05) is 37.5 Å². The van der Waals surface area contributed by atoms with Crippen LogP contribution in [0.25, 0.3) is 0 Å². The molecule has 7 heteroatoms. The van der Waals surface area contributed by atoms with Crippen molar-refractivity contribution in [2.45, 2.75) is 119 Å². The summed E-state index contributed by atoms with van der Waals surface area (Å²) in [6.45, 7) is 24.3. The number of piperidine rings is 1. The first-order valence-electron chi connectivity index (χ1n) is 13.4. The quantitative estimate of drug-likeness (QED) is 0.305. The van der Waals surface area contributed by atoms with Gasteiger partial charge in [0.25, 0.3) is 0 Å². The Kier molecular flexibility index (Phi) is 11.7. The summed E-state index contributed by atoms with van der Waals surface area (Å²) in [6, 6.07) is 0.396. The lowest BCUT2D eigenvalue weighted by Crippen LogP contribution is -2.50. The molecule has 1 heterocycles. The number of nitrogens with zero attached hydrogens (tertiary/aromatic N) is 1. The smallest absolute Gasteiger partial charge is 0.303 e. The number of hydrogen-bond acceptors (Lipinski definition) is 5. The minimum Gasteiger partial charge on any atom is -0.481 e. The molecule has 2 N–H and O–H groups in total. The first-order valence-corrected chi connectivity index (χ1v) is 13.4. The third-order valence-corrected chi connectivity index (χ3v) is 7.60. The molecular formula is C28H54N2O5. The van der Waals surface area contributed by atoms with Gasteiger partial charge >= 0.3 is 5.97 Å². The Morgan fingerprint density at radius 3 is 2.06 bits per heavy atom. The van der Waals surface area contributed by atoms with Crippen LogP contribution in [0.1, 0.15) is 101 Å². The number of carbonyl (C=O) groups is 2. The van der Waals surface area contributed by atoms with E-state index in [2.05, 4.69) is 51.8 Å². The maximum Gasteiger partial charge on any atom is 0.303 e. The zero-order valence-electron chi connectivity index (χ0n) is 24.3. The van der Waals surface area contributed by atoms with Crippen molar-refractivity contribution < 1.29 is 24.2 Å². The number of carboxylic acids is 1. The second-order valence-corrected chi connectivity index (χ2v) is 13.3. The van der Waals surface area contributed by atoms with E-state index in [-0.39, 0.29) is 23.2 Å². The van der Waals surface area contributed by atoms with Crippen molar-refractivity contribution in [3.05, 3.63) is 0 Å². The first-order chi connectivity index (χ1) is 15.9. The predicted molar refractivity (Wildman–Crippen MR) is 142 cm³/mol. The van der Waals surface area contributed by atoms with Crippen molar-refractivity contribution in [2.75, 3.05) is 32.8 Å². The minimum atomic E-state index is -0.808. The fraction of sp³-hybridized carbons (Fsp3) is 0.929. The highest BCUT2D eigenvalue weighted by atomic mass is 16.6. The monoisotopic (exact) mass is 498 g/mol. The molecule has 1 fully saturated rings. The van der Waals surface area contributed by atoms with E-state index in [0.29, 0.717) is 31.6 Å². The largest absolute Gasteiger partial charge is 0.481 e. The summed E-state index contributed by atoms with van der Waals surface area (Å²) in [5.41, 5.74) is -1.17. The number of rotatable bonds is 15. The molecule has 0 aromatic heterocycles. The Morgan fingerprint density at radius 1 is 0.971 bits per heavy atom. The van der Waals surface area contributed by atoms with Crippen LogP contribution < -0.4 is 5.32 Å². The van der Waals surface area contributed by atoms with Crippen LogP contribution in [0.2, 0.25) is 0 Å². The molecule has 0 aromatic carbocycles. The molecule has 35 heavy (non-hydrogen) atoms. The average molecular weight is 499 g/mol. The summed E-state index contributed by atoms with van der Waals surface area (Å²) >= 11 is 0. The molecule has 1 saturated heterocycles. The van der Waals surface area contributed by atoms with Gasteiger partial charge in [-0.3, -0.25) is 9.59 Å². The van der Waals surface area contributed by atoms with Crippen LogP contribution >= 0.6 is 0 Å². The topological polar surface area (TPSA) is 88.1 Å². The first kappa shape index (κ1) is 31.8. The van der Waals surface area contributed by atoms with E-state index in [0.717, 1.165) is 38.9 Å². The molecule has 1 rings (SSSR count). The number of ether oxygens (including phenoxy) is 2. The number of carboxylic acid groups (broad SMARTS) is 1. The van der Waals surface area contributed by atoms with E-state index in [4.69, 9.17) is 14.6 Å². The van der Waals surface area contributed by atoms with Gasteiger partial charge in [0.1, 0.15) is 0 Å². The minimum absolute atomic E-state index is 0.0933. The molecule has 1 aliphatic rings. The van der Waals surface area contributed by atoms with Crippen molar-refractivity contribution in [1.29, 1.82) is 0 Å². The third kappa shape index (κ3) is 11.6. The second kappa shape index (κ2) is 12.9. The number of hydrogen-bond donors (Lipinski definition) is 2.